The number of nitrogens with zero attached hydrogens (tertiary/aromatic N) is 1. The van der Waals surface area contributed by atoms with E-state index in [4.69, 9.17) is 25.8 Å². The minimum absolute atomic E-state index is 0.631. The first-order chi connectivity index (χ1) is 11.1. The van der Waals surface area contributed by atoms with Gasteiger partial charge >= 0.3 is 0 Å². The number of ether oxygens (including phenoxy) is 3. The highest BCUT2D eigenvalue weighted by molar-refractivity contribution is 6.32. The van der Waals surface area contributed by atoms with Gasteiger partial charge in [0.1, 0.15) is 11.5 Å². The van der Waals surface area contributed by atoms with Crippen molar-refractivity contribution in [3.63, 3.8) is 0 Å². The number of rotatable bonds is 7. The summed E-state index contributed by atoms with van der Waals surface area (Å²) in [4.78, 5) is 2.47. The molecule has 1 unspecified atom stereocenters. The molecular weight excluding hydrogens is 314 g/mol. The molecule has 0 aromatic heterocycles. The van der Waals surface area contributed by atoms with Gasteiger partial charge in [-0.3, -0.25) is 4.90 Å². The van der Waals surface area contributed by atoms with Crippen LogP contribution in [0, 0.1) is 11.8 Å². The first-order valence-electron chi connectivity index (χ1n) is 8.20. The molecule has 1 fully saturated rings. The van der Waals surface area contributed by atoms with Crippen LogP contribution >= 0.6 is 11.6 Å². The summed E-state index contributed by atoms with van der Waals surface area (Å²) in [6.07, 6.45) is 2.44. The predicted molar refractivity (Wildman–Crippen MR) is 93.6 cm³/mol. The van der Waals surface area contributed by atoms with Crippen molar-refractivity contribution >= 4 is 11.6 Å². The van der Waals surface area contributed by atoms with Crippen LogP contribution in [0.2, 0.25) is 5.02 Å². The van der Waals surface area contributed by atoms with Gasteiger partial charge in [0.2, 0.25) is 0 Å². The van der Waals surface area contributed by atoms with Crippen LogP contribution in [0.3, 0.4) is 0 Å². The van der Waals surface area contributed by atoms with E-state index in [-0.39, 0.29) is 0 Å². The second-order valence-corrected chi connectivity index (χ2v) is 6.75. The molecule has 1 aromatic rings. The first kappa shape index (κ1) is 18.4. The van der Waals surface area contributed by atoms with Crippen LogP contribution in [0.1, 0.15) is 25.3 Å². The van der Waals surface area contributed by atoms with E-state index in [2.05, 4.69) is 11.8 Å². The Morgan fingerprint density at radius 3 is 2.35 bits per heavy atom. The van der Waals surface area contributed by atoms with Crippen molar-refractivity contribution in [2.24, 2.45) is 11.8 Å². The topological polar surface area (TPSA) is 30.9 Å². The van der Waals surface area contributed by atoms with E-state index in [0.29, 0.717) is 16.7 Å². The van der Waals surface area contributed by atoms with E-state index >= 15 is 0 Å². The third-order valence-corrected chi connectivity index (χ3v) is 5.11. The Balaban J connectivity index is 1.97. The predicted octanol–water partition coefficient (Wildman–Crippen LogP) is 3.85. The highest BCUT2D eigenvalue weighted by atomic mass is 35.5. The van der Waals surface area contributed by atoms with Crippen LogP contribution in [-0.4, -0.2) is 45.9 Å². The van der Waals surface area contributed by atoms with E-state index in [1.54, 1.807) is 21.3 Å². The maximum absolute atomic E-state index is 6.26. The Morgan fingerprint density at radius 1 is 1.13 bits per heavy atom. The Morgan fingerprint density at radius 2 is 1.78 bits per heavy atom. The first-order valence-corrected chi connectivity index (χ1v) is 8.58. The van der Waals surface area contributed by atoms with Crippen LogP contribution in [0.5, 0.6) is 11.5 Å². The number of methoxy groups -OCH3 is 3. The molecule has 23 heavy (non-hydrogen) atoms. The standard InChI is InChI=1S/C18H28ClNO3/c1-13(12-21-2)14-5-7-20(8-6-14)11-15-9-16(19)18(23-4)10-17(15)22-3/h9-10,13-14H,5-8,11-12H2,1-4H3. The third kappa shape index (κ3) is 4.75. The Kier molecular flexibility index (Phi) is 7.00. The SMILES string of the molecule is COCC(C)C1CCN(Cc2cc(Cl)c(OC)cc2OC)CC1. The highest BCUT2D eigenvalue weighted by Gasteiger charge is 2.24. The van der Waals surface area contributed by atoms with Crippen molar-refractivity contribution in [2.45, 2.75) is 26.3 Å². The Hall–Kier alpha value is -0.970. The van der Waals surface area contributed by atoms with Gasteiger partial charge in [0, 0.05) is 31.9 Å². The summed E-state index contributed by atoms with van der Waals surface area (Å²) in [5.74, 6) is 2.88. The van der Waals surface area contributed by atoms with E-state index in [1.807, 2.05) is 12.1 Å². The zero-order chi connectivity index (χ0) is 16.8. The fraction of sp³-hybridized carbons (Fsp3) is 0.667. The quantitative estimate of drug-likeness (QED) is 0.753. The monoisotopic (exact) mass is 341 g/mol. The number of likely N-dealkylation sites (tertiary alicyclic amines) is 1. The Bertz CT molecular complexity index is 501. The molecule has 0 radical (unpaired) electrons. The van der Waals surface area contributed by atoms with Gasteiger partial charge in [0.05, 0.1) is 19.2 Å². The molecule has 0 aliphatic carbocycles. The van der Waals surface area contributed by atoms with Gasteiger partial charge in [-0.1, -0.05) is 18.5 Å². The molecule has 0 spiro atoms. The average Bonchev–Trinajstić information content (AvgIpc) is 2.56. The van der Waals surface area contributed by atoms with E-state index in [0.717, 1.165) is 43.5 Å². The normalized spacial score (nSPS) is 18.0. The van der Waals surface area contributed by atoms with Gasteiger partial charge in [-0.2, -0.15) is 0 Å². The molecular formula is C18H28ClNO3. The fourth-order valence-corrected chi connectivity index (χ4v) is 3.63. The van der Waals surface area contributed by atoms with Crippen molar-refractivity contribution in [3.8, 4) is 11.5 Å². The molecule has 1 saturated heterocycles. The molecule has 1 heterocycles. The molecule has 1 aromatic carbocycles. The van der Waals surface area contributed by atoms with E-state index in [1.165, 1.54) is 12.8 Å². The summed E-state index contributed by atoms with van der Waals surface area (Å²) in [5.41, 5.74) is 1.11. The zero-order valence-electron chi connectivity index (χ0n) is 14.6. The number of benzene rings is 1. The molecule has 1 aliphatic rings. The molecule has 1 aliphatic heterocycles. The van der Waals surface area contributed by atoms with E-state index in [9.17, 15) is 0 Å². The highest BCUT2D eigenvalue weighted by Crippen LogP contribution is 2.34. The molecule has 0 amide bonds. The minimum atomic E-state index is 0.631. The maximum Gasteiger partial charge on any atom is 0.141 e. The van der Waals surface area contributed by atoms with Gasteiger partial charge in [0.15, 0.2) is 0 Å². The lowest BCUT2D eigenvalue weighted by atomic mass is 9.86. The van der Waals surface area contributed by atoms with Crippen LogP contribution < -0.4 is 9.47 Å². The lowest BCUT2D eigenvalue weighted by Crippen LogP contribution is -2.36. The lowest BCUT2D eigenvalue weighted by Gasteiger charge is -2.35. The molecule has 0 N–H and O–H groups in total. The van der Waals surface area contributed by atoms with Crippen LogP contribution in [0.25, 0.3) is 0 Å². The van der Waals surface area contributed by atoms with E-state index < -0.39 is 0 Å². The summed E-state index contributed by atoms with van der Waals surface area (Å²) < 4.78 is 16.0. The van der Waals surface area contributed by atoms with Crippen molar-refractivity contribution in [2.75, 3.05) is 41.0 Å². The summed E-state index contributed by atoms with van der Waals surface area (Å²) in [5, 5.41) is 0.631. The average molecular weight is 342 g/mol. The Labute approximate surface area is 144 Å². The van der Waals surface area contributed by atoms with Crippen molar-refractivity contribution < 1.29 is 14.2 Å². The molecule has 0 saturated carbocycles. The number of halogens is 1. The van der Waals surface area contributed by atoms with Crippen LogP contribution in [0.4, 0.5) is 0 Å². The maximum atomic E-state index is 6.26. The van der Waals surface area contributed by atoms with Crippen molar-refractivity contribution in [3.05, 3.63) is 22.7 Å². The smallest absolute Gasteiger partial charge is 0.141 e. The molecule has 1 atom stereocenters. The summed E-state index contributed by atoms with van der Waals surface area (Å²) >= 11 is 6.26. The second kappa shape index (κ2) is 8.76. The van der Waals surface area contributed by atoms with Crippen LogP contribution in [0.15, 0.2) is 12.1 Å². The fourth-order valence-electron chi connectivity index (χ4n) is 3.37. The minimum Gasteiger partial charge on any atom is -0.496 e. The number of hydrogen-bond acceptors (Lipinski definition) is 4. The molecule has 130 valence electrons. The van der Waals surface area contributed by atoms with Crippen molar-refractivity contribution in [1.29, 1.82) is 0 Å². The van der Waals surface area contributed by atoms with Gasteiger partial charge < -0.3 is 14.2 Å². The van der Waals surface area contributed by atoms with Crippen molar-refractivity contribution in [1.82, 2.24) is 4.90 Å². The molecule has 5 heteroatoms. The van der Waals surface area contributed by atoms with Gasteiger partial charge in [-0.05, 0) is 43.8 Å². The van der Waals surface area contributed by atoms with Crippen LogP contribution in [-0.2, 0) is 11.3 Å². The largest absolute Gasteiger partial charge is 0.496 e. The summed E-state index contributed by atoms with van der Waals surface area (Å²) in [6, 6.07) is 3.82. The van der Waals surface area contributed by atoms with Gasteiger partial charge in [-0.15, -0.1) is 0 Å². The second-order valence-electron chi connectivity index (χ2n) is 6.34. The lowest BCUT2D eigenvalue weighted by molar-refractivity contribution is 0.0877. The summed E-state index contributed by atoms with van der Waals surface area (Å²) in [6.45, 7) is 6.21. The molecule has 0 bridgehead atoms. The molecule has 2 rings (SSSR count). The zero-order valence-corrected chi connectivity index (χ0v) is 15.4. The number of piperidine rings is 1. The molecule has 4 nitrogen and oxygen atoms in total. The van der Waals surface area contributed by atoms with Gasteiger partial charge in [0.25, 0.3) is 0 Å². The summed E-state index contributed by atoms with van der Waals surface area (Å²) in [7, 11) is 5.09. The van der Waals surface area contributed by atoms with Gasteiger partial charge in [-0.25, -0.2) is 0 Å². The number of hydrogen-bond donors (Lipinski definition) is 0. The third-order valence-electron chi connectivity index (χ3n) is 4.82.